The largest absolute Gasteiger partial charge is 0.359 e. The summed E-state index contributed by atoms with van der Waals surface area (Å²) >= 11 is 0. The number of nitrogens with one attached hydrogen (secondary N) is 2. The third kappa shape index (κ3) is 4.56. The zero-order valence-corrected chi connectivity index (χ0v) is 10.9. The lowest BCUT2D eigenvalue weighted by Crippen LogP contribution is -2.23. The summed E-state index contributed by atoms with van der Waals surface area (Å²) in [7, 11) is 1.65. The minimum atomic E-state index is 0.0721. The molecule has 1 unspecified atom stereocenters. The van der Waals surface area contributed by atoms with Crippen molar-refractivity contribution in [3.63, 3.8) is 0 Å². The van der Waals surface area contributed by atoms with Crippen LogP contribution in [0.1, 0.15) is 36.9 Å². The predicted molar refractivity (Wildman–Crippen MR) is 70.9 cm³/mol. The minimum absolute atomic E-state index is 0.0721. The van der Waals surface area contributed by atoms with Crippen LogP contribution < -0.4 is 10.6 Å². The highest BCUT2D eigenvalue weighted by Crippen LogP contribution is 2.12. The van der Waals surface area contributed by atoms with Crippen LogP contribution in [0.3, 0.4) is 0 Å². The Morgan fingerprint density at radius 3 is 2.61 bits per heavy atom. The Morgan fingerprint density at radius 2 is 2.06 bits per heavy atom. The summed E-state index contributed by atoms with van der Waals surface area (Å²) in [4.78, 5) is 11.0. The topological polar surface area (TPSA) is 64.9 Å². The van der Waals surface area contributed by atoms with Gasteiger partial charge in [0.2, 0.25) is 5.91 Å². The third-order valence-corrected chi connectivity index (χ3v) is 2.85. The molecule has 0 aliphatic rings. The summed E-state index contributed by atoms with van der Waals surface area (Å²) in [5.74, 6) is 0.0721. The SMILES string of the molecule is CNC(=O)CCCNC(C)c1ccc(C#N)cc1. The number of carbonyl (C=O) groups excluding carboxylic acids is 1. The van der Waals surface area contributed by atoms with Gasteiger partial charge in [-0.05, 0) is 37.6 Å². The van der Waals surface area contributed by atoms with Crippen LogP contribution in [0.4, 0.5) is 0 Å². The second-order valence-corrected chi connectivity index (χ2v) is 4.19. The zero-order valence-electron chi connectivity index (χ0n) is 10.9. The Kier molecular flexibility index (Phi) is 5.89. The number of hydrogen-bond acceptors (Lipinski definition) is 3. The van der Waals surface area contributed by atoms with Gasteiger partial charge in [0.25, 0.3) is 0 Å². The molecular formula is C14H19N3O. The average Bonchev–Trinajstić information content (AvgIpc) is 2.43. The van der Waals surface area contributed by atoms with Gasteiger partial charge in [-0.15, -0.1) is 0 Å². The van der Waals surface area contributed by atoms with E-state index in [-0.39, 0.29) is 11.9 Å². The molecule has 96 valence electrons. The maximum absolute atomic E-state index is 11.0. The molecule has 1 atom stereocenters. The molecule has 4 heteroatoms. The van der Waals surface area contributed by atoms with Crippen LogP contribution in [0, 0.1) is 11.3 Å². The Hall–Kier alpha value is -1.86. The minimum Gasteiger partial charge on any atom is -0.359 e. The first-order valence-corrected chi connectivity index (χ1v) is 6.11. The highest BCUT2D eigenvalue weighted by molar-refractivity contribution is 5.75. The summed E-state index contributed by atoms with van der Waals surface area (Å²) in [6.45, 7) is 2.87. The highest BCUT2D eigenvalue weighted by atomic mass is 16.1. The average molecular weight is 245 g/mol. The molecule has 0 saturated heterocycles. The fraction of sp³-hybridized carbons (Fsp3) is 0.429. The Bertz CT molecular complexity index is 420. The van der Waals surface area contributed by atoms with E-state index in [1.807, 2.05) is 24.3 Å². The van der Waals surface area contributed by atoms with E-state index in [2.05, 4.69) is 23.6 Å². The van der Waals surface area contributed by atoms with Crippen molar-refractivity contribution >= 4 is 5.91 Å². The van der Waals surface area contributed by atoms with Crippen molar-refractivity contribution in [3.8, 4) is 6.07 Å². The molecule has 1 aromatic carbocycles. The van der Waals surface area contributed by atoms with Gasteiger partial charge in [-0.25, -0.2) is 0 Å². The lowest BCUT2D eigenvalue weighted by molar-refractivity contribution is -0.120. The molecule has 0 aromatic heterocycles. The summed E-state index contributed by atoms with van der Waals surface area (Å²) in [5, 5.41) is 14.7. The lowest BCUT2D eigenvalue weighted by atomic mass is 10.1. The van der Waals surface area contributed by atoms with Crippen LogP contribution in [0.15, 0.2) is 24.3 Å². The molecule has 0 heterocycles. The quantitative estimate of drug-likeness (QED) is 0.750. The van der Waals surface area contributed by atoms with Crippen LogP contribution >= 0.6 is 0 Å². The van der Waals surface area contributed by atoms with E-state index in [1.165, 1.54) is 0 Å². The summed E-state index contributed by atoms with van der Waals surface area (Å²) in [6.07, 6.45) is 1.36. The number of nitrogens with zero attached hydrogens (tertiary/aromatic N) is 1. The van der Waals surface area contributed by atoms with Crippen LogP contribution in [0.25, 0.3) is 0 Å². The van der Waals surface area contributed by atoms with E-state index in [0.717, 1.165) is 18.5 Å². The maximum Gasteiger partial charge on any atom is 0.219 e. The third-order valence-electron chi connectivity index (χ3n) is 2.85. The monoisotopic (exact) mass is 245 g/mol. The molecule has 1 rings (SSSR count). The molecule has 1 aromatic rings. The molecule has 4 nitrogen and oxygen atoms in total. The van der Waals surface area contributed by atoms with Crippen molar-refractivity contribution in [3.05, 3.63) is 35.4 Å². The highest BCUT2D eigenvalue weighted by Gasteiger charge is 2.04. The van der Waals surface area contributed by atoms with Gasteiger partial charge in [-0.3, -0.25) is 4.79 Å². The van der Waals surface area contributed by atoms with Crippen molar-refractivity contribution in [2.45, 2.75) is 25.8 Å². The first-order valence-electron chi connectivity index (χ1n) is 6.11. The molecule has 1 amide bonds. The van der Waals surface area contributed by atoms with E-state index >= 15 is 0 Å². The van der Waals surface area contributed by atoms with Crippen LogP contribution in [0.5, 0.6) is 0 Å². The fourth-order valence-electron chi connectivity index (χ4n) is 1.66. The fourth-order valence-corrected chi connectivity index (χ4v) is 1.66. The molecule has 0 bridgehead atoms. The Labute approximate surface area is 108 Å². The number of amides is 1. The van der Waals surface area contributed by atoms with Crippen molar-refractivity contribution in [2.75, 3.05) is 13.6 Å². The molecule has 2 N–H and O–H groups in total. The van der Waals surface area contributed by atoms with Gasteiger partial charge in [-0.1, -0.05) is 12.1 Å². The van der Waals surface area contributed by atoms with Gasteiger partial charge in [0, 0.05) is 19.5 Å². The second kappa shape index (κ2) is 7.46. The Morgan fingerprint density at radius 1 is 1.39 bits per heavy atom. The van der Waals surface area contributed by atoms with Crippen molar-refractivity contribution in [2.24, 2.45) is 0 Å². The standard InChI is InChI=1S/C14H19N3O/c1-11(17-9-3-4-14(18)16-2)13-7-5-12(10-15)6-8-13/h5-8,11,17H,3-4,9H2,1-2H3,(H,16,18). The second-order valence-electron chi connectivity index (χ2n) is 4.19. The molecule has 0 fully saturated rings. The van der Waals surface area contributed by atoms with Crippen LogP contribution in [0.2, 0.25) is 0 Å². The van der Waals surface area contributed by atoms with Gasteiger partial charge in [0.1, 0.15) is 0 Å². The van der Waals surface area contributed by atoms with Crippen molar-refractivity contribution < 1.29 is 4.79 Å². The molecule has 0 aliphatic heterocycles. The zero-order chi connectivity index (χ0) is 13.4. The molecular weight excluding hydrogens is 226 g/mol. The lowest BCUT2D eigenvalue weighted by Gasteiger charge is -2.14. The van der Waals surface area contributed by atoms with Crippen LogP contribution in [-0.2, 0) is 4.79 Å². The molecule has 0 aliphatic carbocycles. The molecule has 0 spiro atoms. The molecule has 0 radical (unpaired) electrons. The summed E-state index contributed by atoms with van der Waals surface area (Å²) in [6, 6.07) is 9.87. The van der Waals surface area contributed by atoms with Crippen LogP contribution in [-0.4, -0.2) is 19.5 Å². The molecule has 0 saturated carbocycles. The number of nitriles is 1. The number of benzene rings is 1. The van der Waals surface area contributed by atoms with E-state index in [0.29, 0.717) is 12.0 Å². The van der Waals surface area contributed by atoms with Gasteiger partial charge < -0.3 is 10.6 Å². The van der Waals surface area contributed by atoms with E-state index in [9.17, 15) is 4.79 Å². The normalized spacial score (nSPS) is 11.6. The van der Waals surface area contributed by atoms with Gasteiger partial charge in [0.05, 0.1) is 11.6 Å². The van der Waals surface area contributed by atoms with Gasteiger partial charge in [-0.2, -0.15) is 5.26 Å². The van der Waals surface area contributed by atoms with E-state index in [1.54, 1.807) is 7.05 Å². The predicted octanol–water partition coefficient (Wildman–Crippen LogP) is 1.74. The van der Waals surface area contributed by atoms with E-state index < -0.39 is 0 Å². The summed E-state index contributed by atoms with van der Waals surface area (Å²) in [5.41, 5.74) is 1.82. The number of hydrogen-bond donors (Lipinski definition) is 2. The smallest absolute Gasteiger partial charge is 0.219 e. The van der Waals surface area contributed by atoms with Gasteiger partial charge >= 0.3 is 0 Å². The number of carbonyl (C=O) groups is 1. The van der Waals surface area contributed by atoms with Gasteiger partial charge in [0.15, 0.2) is 0 Å². The maximum atomic E-state index is 11.0. The first-order chi connectivity index (χ1) is 8.67. The first kappa shape index (κ1) is 14.2. The molecule has 18 heavy (non-hydrogen) atoms. The van der Waals surface area contributed by atoms with Crippen molar-refractivity contribution in [1.29, 1.82) is 5.26 Å². The number of rotatable bonds is 6. The Balaban J connectivity index is 2.34. The summed E-state index contributed by atoms with van der Waals surface area (Å²) < 4.78 is 0. The van der Waals surface area contributed by atoms with E-state index in [4.69, 9.17) is 5.26 Å². The van der Waals surface area contributed by atoms with Crippen molar-refractivity contribution in [1.82, 2.24) is 10.6 Å².